The zero-order valence-electron chi connectivity index (χ0n) is 11.6. The molecule has 1 aromatic heterocycles. The maximum absolute atomic E-state index is 10.9. The zero-order valence-corrected chi connectivity index (χ0v) is 12.3. The van der Waals surface area contributed by atoms with Gasteiger partial charge in [-0.2, -0.15) is 4.98 Å². The Labute approximate surface area is 126 Å². The first kappa shape index (κ1) is 15.1. The predicted molar refractivity (Wildman–Crippen MR) is 79.6 cm³/mol. The van der Waals surface area contributed by atoms with Crippen molar-refractivity contribution in [3.05, 3.63) is 40.7 Å². The van der Waals surface area contributed by atoms with Crippen LogP contribution in [0.1, 0.15) is 23.1 Å². The van der Waals surface area contributed by atoms with Crippen LogP contribution in [0.4, 0.5) is 11.5 Å². The number of aromatic nitrogens is 2. The highest BCUT2D eigenvalue weighted by atomic mass is 35.5. The summed E-state index contributed by atoms with van der Waals surface area (Å²) >= 11 is 6.06. The third-order valence-corrected chi connectivity index (χ3v) is 2.90. The molecule has 110 valence electrons. The van der Waals surface area contributed by atoms with Crippen LogP contribution >= 0.6 is 11.6 Å². The van der Waals surface area contributed by atoms with Gasteiger partial charge in [-0.1, -0.05) is 11.6 Å². The average molecular weight is 308 g/mol. The van der Waals surface area contributed by atoms with Gasteiger partial charge in [0.05, 0.1) is 22.9 Å². The Hall–Kier alpha value is -2.34. The molecule has 1 heterocycles. The Morgan fingerprint density at radius 3 is 2.76 bits per heavy atom. The quantitative estimate of drug-likeness (QED) is 0.882. The van der Waals surface area contributed by atoms with E-state index in [2.05, 4.69) is 15.3 Å². The fourth-order valence-electron chi connectivity index (χ4n) is 1.71. The maximum atomic E-state index is 10.9. The third-order valence-electron chi connectivity index (χ3n) is 2.59. The second-order valence-electron chi connectivity index (χ2n) is 4.20. The molecule has 2 aromatic rings. The van der Waals surface area contributed by atoms with E-state index in [9.17, 15) is 4.79 Å². The van der Waals surface area contributed by atoms with Crippen molar-refractivity contribution in [3.8, 4) is 5.88 Å². The minimum absolute atomic E-state index is 0.124. The van der Waals surface area contributed by atoms with E-state index in [-0.39, 0.29) is 5.56 Å². The number of halogens is 1. The molecule has 0 aliphatic carbocycles. The highest BCUT2D eigenvalue weighted by Gasteiger charge is 2.09. The smallest absolute Gasteiger partial charge is 0.335 e. The van der Waals surface area contributed by atoms with Gasteiger partial charge in [0, 0.05) is 6.07 Å². The fourth-order valence-corrected chi connectivity index (χ4v) is 1.94. The van der Waals surface area contributed by atoms with Crippen LogP contribution in [0.3, 0.4) is 0 Å². The summed E-state index contributed by atoms with van der Waals surface area (Å²) in [6.45, 7) is 4.12. The molecule has 0 unspecified atom stereocenters. The van der Waals surface area contributed by atoms with Crippen LogP contribution in [0, 0.1) is 6.92 Å². The summed E-state index contributed by atoms with van der Waals surface area (Å²) in [4.78, 5) is 19.2. The Bertz CT molecular complexity index is 677. The number of rotatable bonds is 5. The number of aromatic carboxylic acids is 1. The first-order valence-electron chi connectivity index (χ1n) is 6.28. The monoisotopic (exact) mass is 307 g/mol. The molecule has 6 nitrogen and oxygen atoms in total. The Kier molecular flexibility index (Phi) is 4.59. The average Bonchev–Trinajstić information content (AvgIpc) is 2.40. The van der Waals surface area contributed by atoms with Crippen LogP contribution < -0.4 is 10.1 Å². The van der Waals surface area contributed by atoms with E-state index >= 15 is 0 Å². The molecule has 1 aromatic carbocycles. The van der Waals surface area contributed by atoms with Gasteiger partial charge in [-0.25, -0.2) is 9.78 Å². The predicted octanol–water partition coefficient (Wildman–Crippen LogP) is 3.28. The van der Waals surface area contributed by atoms with Gasteiger partial charge in [-0.3, -0.25) is 0 Å². The largest absolute Gasteiger partial charge is 0.478 e. The number of nitrogens with zero attached hydrogens (tertiary/aromatic N) is 2. The van der Waals surface area contributed by atoms with Gasteiger partial charge in [0.15, 0.2) is 0 Å². The fraction of sp³-hybridized carbons (Fsp3) is 0.214. The number of aryl methyl sites for hydroxylation is 1. The summed E-state index contributed by atoms with van der Waals surface area (Å²) in [5.41, 5.74) is 0.682. The van der Waals surface area contributed by atoms with Gasteiger partial charge in [0.1, 0.15) is 11.6 Å². The van der Waals surface area contributed by atoms with Gasteiger partial charge in [0.25, 0.3) is 0 Å². The molecule has 0 saturated heterocycles. The Morgan fingerprint density at radius 1 is 1.38 bits per heavy atom. The minimum Gasteiger partial charge on any atom is -0.478 e. The number of benzene rings is 1. The molecule has 2 N–H and O–H groups in total. The van der Waals surface area contributed by atoms with Crippen LogP contribution in [0.25, 0.3) is 0 Å². The number of nitrogens with one attached hydrogen (secondary N) is 1. The Morgan fingerprint density at radius 2 is 2.14 bits per heavy atom. The molecule has 2 rings (SSSR count). The van der Waals surface area contributed by atoms with E-state index < -0.39 is 5.97 Å². The van der Waals surface area contributed by atoms with E-state index in [1.165, 1.54) is 12.1 Å². The van der Waals surface area contributed by atoms with E-state index in [1.807, 2.05) is 6.92 Å². The van der Waals surface area contributed by atoms with Gasteiger partial charge in [0.2, 0.25) is 5.88 Å². The molecule has 0 aliphatic heterocycles. The summed E-state index contributed by atoms with van der Waals surface area (Å²) in [5.74, 6) is 0.517. The van der Waals surface area contributed by atoms with Crippen molar-refractivity contribution in [2.24, 2.45) is 0 Å². The van der Waals surface area contributed by atoms with Crippen LogP contribution in [0.5, 0.6) is 5.88 Å². The van der Waals surface area contributed by atoms with E-state index in [0.29, 0.717) is 34.8 Å². The summed E-state index contributed by atoms with van der Waals surface area (Å²) in [7, 11) is 0. The minimum atomic E-state index is -1.03. The number of ether oxygens (including phenoxy) is 1. The van der Waals surface area contributed by atoms with Gasteiger partial charge < -0.3 is 15.2 Å². The SMILES string of the molecule is CCOc1cc(Nc2ccc(C(=O)O)cc2Cl)nc(C)n1. The van der Waals surface area contributed by atoms with Crippen LogP contribution in [0.15, 0.2) is 24.3 Å². The van der Waals surface area contributed by atoms with Crippen molar-refractivity contribution in [2.45, 2.75) is 13.8 Å². The van der Waals surface area contributed by atoms with Crippen LogP contribution in [-0.4, -0.2) is 27.7 Å². The summed E-state index contributed by atoms with van der Waals surface area (Å²) in [6.07, 6.45) is 0. The molecule has 7 heteroatoms. The molecular formula is C14H14ClN3O3. The number of carboxylic acid groups (broad SMARTS) is 1. The normalized spacial score (nSPS) is 10.2. The lowest BCUT2D eigenvalue weighted by atomic mass is 10.2. The Balaban J connectivity index is 2.27. The second-order valence-corrected chi connectivity index (χ2v) is 4.60. The molecule has 0 saturated carbocycles. The number of anilines is 2. The third kappa shape index (κ3) is 3.82. The van der Waals surface area contributed by atoms with E-state index in [0.717, 1.165) is 0 Å². The topological polar surface area (TPSA) is 84.3 Å². The highest BCUT2D eigenvalue weighted by Crippen LogP contribution is 2.27. The number of carbonyl (C=O) groups is 1. The van der Waals surface area contributed by atoms with Crippen LogP contribution in [0.2, 0.25) is 5.02 Å². The van der Waals surface area contributed by atoms with Crippen molar-refractivity contribution in [3.63, 3.8) is 0 Å². The van der Waals surface area contributed by atoms with Crippen molar-refractivity contribution >= 4 is 29.1 Å². The molecule has 0 aliphatic rings. The van der Waals surface area contributed by atoms with Gasteiger partial charge in [-0.15, -0.1) is 0 Å². The summed E-state index contributed by atoms with van der Waals surface area (Å²) < 4.78 is 5.34. The molecule has 0 fully saturated rings. The molecule has 0 atom stereocenters. The first-order valence-corrected chi connectivity index (χ1v) is 6.65. The zero-order chi connectivity index (χ0) is 15.4. The molecule has 0 bridgehead atoms. The molecule has 21 heavy (non-hydrogen) atoms. The lowest BCUT2D eigenvalue weighted by Crippen LogP contribution is -2.02. The van der Waals surface area contributed by atoms with Gasteiger partial charge >= 0.3 is 5.97 Å². The van der Waals surface area contributed by atoms with Crippen molar-refractivity contribution in [2.75, 3.05) is 11.9 Å². The number of hydrogen-bond donors (Lipinski definition) is 2. The first-order chi connectivity index (χ1) is 9.99. The highest BCUT2D eigenvalue weighted by molar-refractivity contribution is 6.33. The van der Waals surface area contributed by atoms with Crippen molar-refractivity contribution in [1.29, 1.82) is 0 Å². The van der Waals surface area contributed by atoms with E-state index in [1.54, 1.807) is 19.1 Å². The maximum Gasteiger partial charge on any atom is 0.335 e. The molecule has 0 amide bonds. The molecular weight excluding hydrogens is 294 g/mol. The van der Waals surface area contributed by atoms with E-state index in [4.69, 9.17) is 21.4 Å². The van der Waals surface area contributed by atoms with Crippen molar-refractivity contribution in [1.82, 2.24) is 9.97 Å². The lowest BCUT2D eigenvalue weighted by molar-refractivity contribution is 0.0697. The van der Waals surface area contributed by atoms with Crippen molar-refractivity contribution < 1.29 is 14.6 Å². The molecule has 0 radical (unpaired) electrons. The summed E-state index contributed by atoms with van der Waals surface area (Å²) in [6, 6.07) is 6.08. The number of carboxylic acids is 1. The standard InChI is InChI=1S/C14H14ClN3O3/c1-3-21-13-7-12(16-8(2)17-13)18-11-5-4-9(14(19)20)6-10(11)15/h4-7H,3H2,1-2H3,(H,19,20)(H,16,17,18). The van der Waals surface area contributed by atoms with Gasteiger partial charge in [-0.05, 0) is 32.0 Å². The molecule has 0 spiro atoms. The van der Waals surface area contributed by atoms with Crippen LogP contribution in [-0.2, 0) is 0 Å². The lowest BCUT2D eigenvalue weighted by Gasteiger charge is -2.10. The second kappa shape index (κ2) is 6.41. The summed E-state index contributed by atoms with van der Waals surface area (Å²) in [5, 5.41) is 12.2. The number of hydrogen-bond acceptors (Lipinski definition) is 5.